The molecule has 0 spiro atoms. The number of hydrogen-bond donors (Lipinski definition) is 0. The fraction of sp³-hybridized carbons (Fsp3) is 0.267. The number of nitriles is 1. The van der Waals surface area contributed by atoms with E-state index in [4.69, 9.17) is 14.1 Å². The van der Waals surface area contributed by atoms with Crippen molar-refractivity contribution < 1.29 is 9.15 Å². The molecule has 1 aliphatic heterocycles. The van der Waals surface area contributed by atoms with Gasteiger partial charge in [-0.1, -0.05) is 42.5 Å². The van der Waals surface area contributed by atoms with Crippen molar-refractivity contribution in [2.75, 3.05) is 18.1 Å². The summed E-state index contributed by atoms with van der Waals surface area (Å²) < 4.78 is 14.1. The highest BCUT2D eigenvalue weighted by Gasteiger charge is 2.28. The summed E-state index contributed by atoms with van der Waals surface area (Å²) in [5, 5.41) is 10.2. The topological polar surface area (TPSA) is 66.7 Å². The number of imidazole rings is 1. The number of aromatic nitrogens is 2. The molecule has 6 rings (SSSR count). The Morgan fingerprint density at radius 1 is 1.08 bits per heavy atom. The standard InChI is InChI=1S/C30H28N4O2/c1-21-25(17-22-9-3-2-4-10-22)30(33(19-23-11-7-15-35-23)20-24-12-8-16-36-24)34-28-14-6-5-13-27(28)32-29(34)26(21)18-31/h2-7,9-11,13-15,24H,8,12,16-17,19-20H2,1H3. The normalized spacial score (nSPS) is 15.5. The number of hydrogen-bond acceptors (Lipinski definition) is 5. The predicted molar refractivity (Wildman–Crippen MR) is 140 cm³/mol. The Hall–Kier alpha value is -4.08. The third-order valence-electron chi connectivity index (χ3n) is 7.10. The Morgan fingerprint density at radius 2 is 1.92 bits per heavy atom. The van der Waals surface area contributed by atoms with Crippen molar-refractivity contribution in [1.29, 1.82) is 5.26 Å². The molecule has 1 atom stereocenters. The van der Waals surface area contributed by atoms with Crippen LogP contribution >= 0.6 is 0 Å². The first-order valence-corrected chi connectivity index (χ1v) is 12.5. The molecule has 0 saturated carbocycles. The zero-order valence-electron chi connectivity index (χ0n) is 20.4. The zero-order valence-corrected chi connectivity index (χ0v) is 20.4. The average molecular weight is 477 g/mol. The Balaban J connectivity index is 1.64. The number of para-hydroxylation sites is 2. The van der Waals surface area contributed by atoms with E-state index in [0.29, 0.717) is 24.2 Å². The SMILES string of the molecule is Cc1c(Cc2ccccc2)c(N(Cc2ccco2)CC2CCCO2)n2c(nc3ccccc32)c1C#N. The minimum Gasteiger partial charge on any atom is -0.467 e. The molecule has 4 heterocycles. The Bertz CT molecular complexity index is 1540. The minimum atomic E-state index is 0.144. The van der Waals surface area contributed by atoms with E-state index in [1.54, 1.807) is 6.26 Å². The van der Waals surface area contributed by atoms with Gasteiger partial charge < -0.3 is 14.1 Å². The number of ether oxygens (including phenoxy) is 1. The molecule has 5 aromatic rings. The van der Waals surface area contributed by atoms with Crippen LogP contribution < -0.4 is 4.90 Å². The molecule has 6 heteroatoms. The monoisotopic (exact) mass is 476 g/mol. The van der Waals surface area contributed by atoms with Gasteiger partial charge in [-0.05, 0) is 55.2 Å². The van der Waals surface area contributed by atoms with Crippen LogP contribution in [0.2, 0.25) is 0 Å². The zero-order chi connectivity index (χ0) is 24.5. The van der Waals surface area contributed by atoms with Gasteiger partial charge in [-0.3, -0.25) is 4.40 Å². The molecule has 1 aliphatic rings. The molecule has 1 saturated heterocycles. The van der Waals surface area contributed by atoms with Gasteiger partial charge >= 0.3 is 0 Å². The molecule has 6 nitrogen and oxygen atoms in total. The number of benzene rings is 2. The van der Waals surface area contributed by atoms with E-state index < -0.39 is 0 Å². The van der Waals surface area contributed by atoms with Gasteiger partial charge in [0.2, 0.25) is 0 Å². The molecule has 2 aromatic carbocycles. The number of pyridine rings is 1. The third kappa shape index (κ3) is 4.02. The number of rotatable bonds is 7. The van der Waals surface area contributed by atoms with E-state index in [1.807, 2.05) is 36.4 Å². The first-order chi connectivity index (χ1) is 17.7. The van der Waals surface area contributed by atoms with E-state index in [-0.39, 0.29) is 6.10 Å². The van der Waals surface area contributed by atoms with Crippen molar-refractivity contribution in [1.82, 2.24) is 9.38 Å². The van der Waals surface area contributed by atoms with Crippen LogP contribution in [0.4, 0.5) is 5.82 Å². The first-order valence-electron chi connectivity index (χ1n) is 12.5. The molecule has 3 aromatic heterocycles. The lowest BCUT2D eigenvalue weighted by molar-refractivity contribution is 0.115. The van der Waals surface area contributed by atoms with E-state index in [1.165, 1.54) is 5.56 Å². The lowest BCUT2D eigenvalue weighted by Crippen LogP contribution is -2.34. The highest BCUT2D eigenvalue weighted by Crippen LogP contribution is 2.36. The van der Waals surface area contributed by atoms with Crippen molar-refractivity contribution in [3.8, 4) is 6.07 Å². The summed E-state index contributed by atoms with van der Waals surface area (Å²) >= 11 is 0. The quantitative estimate of drug-likeness (QED) is 0.287. The molecular weight excluding hydrogens is 448 g/mol. The fourth-order valence-electron chi connectivity index (χ4n) is 5.36. The van der Waals surface area contributed by atoms with E-state index >= 15 is 0 Å². The van der Waals surface area contributed by atoms with E-state index in [9.17, 15) is 5.26 Å². The third-order valence-corrected chi connectivity index (χ3v) is 7.10. The Morgan fingerprint density at radius 3 is 2.67 bits per heavy atom. The maximum Gasteiger partial charge on any atom is 0.157 e. The number of anilines is 1. The average Bonchev–Trinajstić information content (AvgIpc) is 3.67. The molecule has 1 unspecified atom stereocenters. The van der Waals surface area contributed by atoms with Crippen molar-refractivity contribution in [3.05, 3.63) is 101 Å². The second-order valence-corrected chi connectivity index (χ2v) is 9.43. The summed E-state index contributed by atoms with van der Waals surface area (Å²) in [6, 6.07) is 25.0. The van der Waals surface area contributed by atoms with Crippen molar-refractivity contribution in [2.45, 2.75) is 38.8 Å². The molecule has 0 bridgehead atoms. The van der Waals surface area contributed by atoms with E-state index in [0.717, 1.165) is 59.7 Å². The summed E-state index contributed by atoms with van der Waals surface area (Å²) in [5.74, 6) is 1.93. The van der Waals surface area contributed by atoms with Crippen LogP contribution in [0, 0.1) is 18.3 Å². The van der Waals surface area contributed by atoms with Crippen LogP contribution in [-0.4, -0.2) is 28.6 Å². The Labute approximate surface area is 210 Å². The second-order valence-electron chi connectivity index (χ2n) is 9.43. The van der Waals surface area contributed by atoms with Gasteiger partial charge in [0, 0.05) is 25.1 Å². The van der Waals surface area contributed by atoms with Crippen LogP contribution in [0.3, 0.4) is 0 Å². The van der Waals surface area contributed by atoms with Gasteiger partial charge in [0.05, 0.1) is 35.5 Å². The number of nitrogens with zero attached hydrogens (tertiary/aromatic N) is 4. The highest BCUT2D eigenvalue weighted by molar-refractivity contribution is 5.86. The van der Waals surface area contributed by atoms with Gasteiger partial charge in [0.25, 0.3) is 0 Å². The first kappa shape index (κ1) is 22.4. The number of fused-ring (bicyclic) bond motifs is 3. The summed E-state index contributed by atoms with van der Waals surface area (Å²) in [4.78, 5) is 7.29. The van der Waals surface area contributed by atoms with Crippen molar-refractivity contribution in [2.24, 2.45) is 0 Å². The molecule has 0 amide bonds. The molecule has 0 aliphatic carbocycles. The minimum absolute atomic E-state index is 0.144. The molecular formula is C30H28N4O2. The number of furan rings is 1. The largest absolute Gasteiger partial charge is 0.467 e. The highest BCUT2D eigenvalue weighted by atomic mass is 16.5. The maximum atomic E-state index is 10.2. The van der Waals surface area contributed by atoms with Crippen LogP contribution in [0.15, 0.2) is 77.4 Å². The van der Waals surface area contributed by atoms with Crippen molar-refractivity contribution >= 4 is 22.5 Å². The van der Waals surface area contributed by atoms with Gasteiger partial charge in [0.15, 0.2) is 5.65 Å². The Kier molecular flexibility index (Phi) is 5.92. The smallest absolute Gasteiger partial charge is 0.157 e. The lowest BCUT2D eigenvalue weighted by Gasteiger charge is -2.31. The van der Waals surface area contributed by atoms with E-state index in [2.05, 4.69) is 52.6 Å². The summed E-state index contributed by atoms with van der Waals surface area (Å²) in [7, 11) is 0. The molecule has 0 radical (unpaired) electrons. The van der Waals surface area contributed by atoms with Gasteiger partial charge in [-0.2, -0.15) is 5.26 Å². The van der Waals surface area contributed by atoms with Crippen LogP contribution in [0.5, 0.6) is 0 Å². The molecule has 180 valence electrons. The molecule has 0 N–H and O–H groups in total. The second kappa shape index (κ2) is 9.52. The van der Waals surface area contributed by atoms with Crippen molar-refractivity contribution in [3.63, 3.8) is 0 Å². The fourth-order valence-corrected chi connectivity index (χ4v) is 5.36. The van der Waals surface area contributed by atoms with Crippen LogP contribution in [-0.2, 0) is 17.7 Å². The van der Waals surface area contributed by atoms with Crippen LogP contribution in [0.1, 0.15) is 40.9 Å². The van der Waals surface area contributed by atoms with Gasteiger partial charge in [-0.15, -0.1) is 0 Å². The lowest BCUT2D eigenvalue weighted by atomic mass is 9.97. The molecule has 1 fully saturated rings. The summed E-state index contributed by atoms with van der Waals surface area (Å²) in [6.07, 6.45) is 4.68. The summed E-state index contributed by atoms with van der Waals surface area (Å²) in [5.41, 5.74) is 6.47. The van der Waals surface area contributed by atoms with Gasteiger partial charge in [0.1, 0.15) is 17.6 Å². The van der Waals surface area contributed by atoms with Crippen LogP contribution in [0.25, 0.3) is 16.7 Å². The maximum absolute atomic E-state index is 10.2. The van der Waals surface area contributed by atoms with Gasteiger partial charge in [-0.25, -0.2) is 4.98 Å². The predicted octanol–water partition coefficient (Wildman–Crippen LogP) is 6.04. The summed E-state index contributed by atoms with van der Waals surface area (Å²) in [6.45, 7) is 4.18. The molecule has 36 heavy (non-hydrogen) atoms.